The molecule has 2 nitrogen and oxygen atoms in total. The van der Waals surface area contributed by atoms with Crippen molar-refractivity contribution < 1.29 is 26.5 Å². The predicted molar refractivity (Wildman–Crippen MR) is 9.83 cm³/mol. The molecule has 0 saturated carbocycles. The van der Waals surface area contributed by atoms with Crippen LogP contribution in [0.3, 0.4) is 0 Å². The minimum Gasteiger partial charge on any atom is -0.310 e. The molecule has 0 aromatic rings. The Morgan fingerprint density at radius 3 is 1.75 bits per heavy atom. The van der Waals surface area contributed by atoms with Crippen LogP contribution in [-0.4, -0.2) is 4.89 Å². The maximum atomic E-state index is 8.46. The second-order valence-corrected chi connectivity index (χ2v) is 0.245. The van der Waals surface area contributed by atoms with E-state index >= 15 is 0 Å². The molecule has 0 spiro atoms. The van der Waals surface area contributed by atoms with Gasteiger partial charge < -0.3 is 4.89 Å². The maximum absolute atomic E-state index is 8.46. The van der Waals surface area contributed by atoms with Crippen LogP contribution >= 0.6 is 8.69 Å². The largest absolute Gasteiger partial charge is 0.324 e. The third kappa shape index (κ3) is 19.2. The van der Waals surface area contributed by atoms with Gasteiger partial charge in [-0.25, -0.2) is 4.57 Å². The first-order valence-corrected chi connectivity index (χ1v) is 1.15. The molecular weight excluding hydrogens is 127 g/mol. The van der Waals surface area contributed by atoms with Crippen molar-refractivity contribution in [2.75, 3.05) is 0 Å². The molecule has 0 aliphatic carbocycles. The second kappa shape index (κ2) is 9.55. The molecular formula is HCuO2P. The van der Waals surface area contributed by atoms with Gasteiger partial charge in [0.2, 0.25) is 0 Å². The van der Waals surface area contributed by atoms with E-state index in [0.29, 0.717) is 0 Å². The molecule has 1 radical (unpaired) electrons. The van der Waals surface area contributed by atoms with Crippen molar-refractivity contribution in [3.8, 4) is 0 Å². The summed E-state index contributed by atoms with van der Waals surface area (Å²) in [6.07, 6.45) is 0. The van der Waals surface area contributed by atoms with Gasteiger partial charge in [0.1, 0.15) is 0 Å². The first kappa shape index (κ1) is 8.82. The van der Waals surface area contributed by atoms with Gasteiger partial charge in [0.15, 0.2) is 0 Å². The summed E-state index contributed by atoms with van der Waals surface area (Å²) in [7, 11) is -0.833. The SMILES string of the molecule is O=PO.[Cu]. The van der Waals surface area contributed by atoms with Crippen LogP contribution < -0.4 is 0 Å². The van der Waals surface area contributed by atoms with Gasteiger partial charge in [-0.05, 0) is 0 Å². The zero-order valence-corrected chi connectivity index (χ0v) is 3.44. The second-order valence-electron chi connectivity index (χ2n) is 0.0816. The van der Waals surface area contributed by atoms with E-state index in [1.54, 1.807) is 0 Å². The molecule has 4 heteroatoms. The zero-order valence-electron chi connectivity index (χ0n) is 1.60. The molecule has 0 bridgehead atoms. The molecule has 0 aromatic heterocycles. The van der Waals surface area contributed by atoms with Crippen molar-refractivity contribution in [3.63, 3.8) is 0 Å². The molecule has 0 aromatic carbocycles. The fraction of sp³-hybridized carbons (Fsp3) is 0. The van der Waals surface area contributed by atoms with Crippen LogP contribution in [0.25, 0.3) is 0 Å². The smallest absolute Gasteiger partial charge is 0.310 e. The summed E-state index contributed by atoms with van der Waals surface area (Å²) in [5, 5.41) is 0. The summed E-state index contributed by atoms with van der Waals surface area (Å²) >= 11 is 0. The Balaban J connectivity index is 0. The molecule has 0 heterocycles. The Labute approximate surface area is 36.0 Å². The van der Waals surface area contributed by atoms with Gasteiger partial charge in [0, 0.05) is 17.1 Å². The average molecular weight is 128 g/mol. The van der Waals surface area contributed by atoms with Crippen molar-refractivity contribution in [1.29, 1.82) is 0 Å². The molecule has 1 N–H and O–H groups in total. The number of hydrogen-bond donors (Lipinski definition) is 1. The molecule has 0 aliphatic heterocycles. The van der Waals surface area contributed by atoms with Crippen molar-refractivity contribution in [2.24, 2.45) is 0 Å². The van der Waals surface area contributed by atoms with Crippen molar-refractivity contribution in [1.82, 2.24) is 0 Å². The van der Waals surface area contributed by atoms with E-state index in [1.165, 1.54) is 0 Å². The van der Waals surface area contributed by atoms with Gasteiger partial charge >= 0.3 is 8.69 Å². The van der Waals surface area contributed by atoms with Crippen molar-refractivity contribution in [2.45, 2.75) is 0 Å². The molecule has 0 fully saturated rings. The van der Waals surface area contributed by atoms with Gasteiger partial charge in [-0.2, -0.15) is 0 Å². The summed E-state index contributed by atoms with van der Waals surface area (Å²) in [5.74, 6) is 0. The van der Waals surface area contributed by atoms with Crippen LogP contribution in [0, 0.1) is 0 Å². The Hall–Kier alpha value is 0.579. The Morgan fingerprint density at radius 1 is 1.75 bits per heavy atom. The van der Waals surface area contributed by atoms with Gasteiger partial charge in [-0.3, -0.25) is 0 Å². The molecule has 0 saturated heterocycles. The third-order valence-electron chi connectivity index (χ3n) is 0. The van der Waals surface area contributed by atoms with Crippen LogP contribution in [0.1, 0.15) is 0 Å². The number of rotatable bonds is 0. The summed E-state index contributed by atoms with van der Waals surface area (Å²) in [6.45, 7) is 0. The average Bonchev–Trinajstić information content (AvgIpc) is 0.918. The molecule has 0 unspecified atom stereocenters. The van der Waals surface area contributed by atoms with E-state index in [2.05, 4.69) is 0 Å². The molecule has 29 valence electrons. The van der Waals surface area contributed by atoms with E-state index in [-0.39, 0.29) is 17.1 Å². The maximum Gasteiger partial charge on any atom is 0.324 e. The van der Waals surface area contributed by atoms with E-state index in [9.17, 15) is 0 Å². The standard InChI is InChI=1S/Cu.HO2P/c;1-3-2/h;(H,1,2). The molecule has 0 amide bonds. The van der Waals surface area contributed by atoms with Crippen LogP contribution in [0.2, 0.25) is 0 Å². The van der Waals surface area contributed by atoms with E-state index < -0.39 is 8.69 Å². The van der Waals surface area contributed by atoms with Crippen LogP contribution in [0.15, 0.2) is 0 Å². The molecule has 0 rings (SSSR count). The summed E-state index contributed by atoms with van der Waals surface area (Å²) in [6, 6.07) is 0. The van der Waals surface area contributed by atoms with Gasteiger partial charge in [-0.1, -0.05) is 0 Å². The summed E-state index contributed by atoms with van der Waals surface area (Å²) in [5.41, 5.74) is 0. The van der Waals surface area contributed by atoms with E-state index in [1.807, 2.05) is 0 Å². The van der Waals surface area contributed by atoms with E-state index in [0.717, 1.165) is 0 Å². The third-order valence-corrected chi connectivity index (χ3v) is 0. The predicted octanol–water partition coefficient (Wildman–Crippen LogP) is 0.183. The topological polar surface area (TPSA) is 37.3 Å². The number of hydrogen-bond acceptors (Lipinski definition) is 1. The first-order valence-electron chi connectivity index (χ1n) is 0.383. The molecule has 0 aliphatic rings. The normalized spacial score (nSPS) is 5.25. The first-order chi connectivity index (χ1) is 1.41. The van der Waals surface area contributed by atoms with Crippen molar-refractivity contribution in [3.05, 3.63) is 0 Å². The molecule has 0 atom stereocenters. The Kier molecular flexibility index (Phi) is 21.0. The zero-order chi connectivity index (χ0) is 2.71. The minimum absolute atomic E-state index is 0. The quantitative estimate of drug-likeness (QED) is 0.372. The minimum atomic E-state index is -0.833. The monoisotopic (exact) mass is 127 g/mol. The molecule has 4 heavy (non-hydrogen) atoms. The van der Waals surface area contributed by atoms with E-state index in [4.69, 9.17) is 9.46 Å². The van der Waals surface area contributed by atoms with Crippen molar-refractivity contribution >= 4 is 8.69 Å². The summed E-state index contributed by atoms with van der Waals surface area (Å²) in [4.78, 5) is 6.99. The van der Waals surface area contributed by atoms with Gasteiger partial charge in [-0.15, -0.1) is 0 Å². The van der Waals surface area contributed by atoms with Crippen LogP contribution in [0.5, 0.6) is 0 Å². The van der Waals surface area contributed by atoms with Crippen LogP contribution in [-0.2, 0) is 21.6 Å². The van der Waals surface area contributed by atoms with Gasteiger partial charge in [0.25, 0.3) is 0 Å². The van der Waals surface area contributed by atoms with Gasteiger partial charge in [0.05, 0.1) is 0 Å². The van der Waals surface area contributed by atoms with Crippen LogP contribution in [0.4, 0.5) is 0 Å². The fourth-order valence-electron chi connectivity index (χ4n) is 0. The summed E-state index contributed by atoms with van der Waals surface area (Å²) < 4.78 is 8.46. The Morgan fingerprint density at radius 2 is 1.75 bits per heavy atom. The fourth-order valence-corrected chi connectivity index (χ4v) is 0. The Bertz CT molecular complexity index is 13.5.